The van der Waals surface area contributed by atoms with E-state index in [9.17, 15) is 9.59 Å². The summed E-state index contributed by atoms with van der Waals surface area (Å²) in [6.07, 6.45) is -0.642. The Kier molecular flexibility index (Phi) is 5.87. The summed E-state index contributed by atoms with van der Waals surface area (Å²) >= 11 is 0. The lowest BCUT2D eigenvalue weighted by Gasteiger charge is -2.08. The van der Waals surface area contributed by atoms with Crippen LogP contribution in [0.4, 0.5) is 0 Å². The normalized spacial score (nSPS) is 12.4. The first-order valence-corrected chi connectivity index (χ1v) is 4.67. The van der Waals surface area contributed by atoms with Crippen LogP contribution in [0.5, 0.6) is 0 Å². The standard InChI is InChI=1S/C9H18N2O3/c1-6(2)4-10-8(13)9(14)11-5-7(3)12/h6-7,12H,4-5H2,1-3H3,(H,10,13)(H,11,14)/t7-/m1/s1. The molecule has 0 unspecified atom stereocenters. The highest BCUT2D eigenvalue weighted by molar-refractivity contribution is 6.35. The monoisotopic (exact) mass is 202 g/mol. The van der Waals surface area contributed by atoms with E-state index in [4.69, 9.17) is 5.11 Å². The molecule has 82 valence electrons. The van der Waals surface area contributed by atoms with Crippen LogP contribution in [-0.2, 0) is 9.59 Å². The SMILES string of the molecule is CC(C)CNC(=O)C(=O)NC[C@@H](C)O. The zero-order chi connectivity index (χ0) is 11.1. The average Bonchev–Trinajstić information content (AvgIpc) is 2.09. The molecule has 0 radical (unpaired) electrons. The van der Waals surface area contributed by atoms with Gasteiger partial charge in [-0.3, -0.25) is 9.59 Å². The first-order valence-electron chi connectivity index (χ1n) is 4.67. The molecule has 0 bridgehead atoms. The molecule has 0 saturated heterocycles. The van der Waals surface area contributed by atoms with E-state index in [1.165, 1.54) is 6.92 Å². The van der Waals surface area contributed by atoms with Crippen LogP contribution in [0, 0.1) is 5.92 Å². The van der Waals surface area contributed by atoms with E-state index in [0.717, 1.165) is 0 Å². The fourth-order valence-electron chi connectivity index (χ4n) is 0.698. The van der Waals surface area contributed by atoms with Crippen LogP contribution in [0.25, 0.3) is 0 Å². The van der Waals surface area contributed by atoms with Gasteiger partial charge in [0.1, 0.15) is 0 Å². The second kappa shape index (κ2) is 6.37. The quantitative estimate of drug-likeness (QED) is 0.525. The molecule has 3 N–H and O–H groups in total. The maximum absolute atomic E-state index is 11.1. The zero-order valence-corrected chi connectivity index (χ0v) is 8.83. The van der Waals surface area contributed by atoms with Crippen molar-refractivity contribution in [1.29, 1.82) is 0 Å². The van der Waals surface area contributed by atoms with Gasteiger partial charge >= 0.3 is 11.8 Å². The van der Waals surface area contributed by atoms with Crippen LogP contribution in [-0.4, -0.2) is 36.1 Å². The molecule has 0 spiro atoms. The third kappa shape index (κ3) is 6.42. The predicted molar refractivity (Wildman–Crippen MR) is 52.5 cm³/mol. The molecule has 0 aromatic rings. The molecule has 0 aliphatic carbocycles. The summed E-state index contributed by atoms with van der Waals surface area (Å²) in [6.45, 7) is 5.98. The number of aliphatic hydroxyl groups excluding tert-OH is 1. The topological polar surface area (TPSA) is 78.4 Å². The summed E-state index contributed by atoms with van der Waals surface area (Å²) in [5.41, 5.74) is 0. The second-order valence-electron chi connectivity index (χ2n) is 3.66. The molecular formula is C9H18N2O3. The minimum absolute atomic E-state index is 0.0912. The number of nitrogens with one attached hydrogen (secondary N) is 2. The Morgan fingerprint density at radius 1 is 1.07 bits per heavy atom. The number of carbonyl (C=O) groups is 2. The maximum atomic E-state index is 11.1. The lowest BCUT2D eigenvalue weighted by Crippen LogP contribution is -2.43. The van der Waals surface area contributed by atoms with Crippen LogP contribution in [0.1, 0.15) is 20.8 Å². The van der Waals surface area contributed by atoms with Gasteiger partial charge in [-0.15, -0.1) is 0 Å². The fourth-order valence-corrected chi connectivity index (χ4v) is 0.698. The lowest BCUT2D eigenvalue weighted by molar-refractivity contribution is -0.139. The third-order valence-electron chi connectivity index (χ3n) is 1.44. The van der Waals surface area contributed by atoms with Gasteiger partial charge in [0.05, 0.1) is 6.10 Å². The highest BCUT2D eigenvalue weighted by Crippen LogP contribution is 1.86. The first kappa shape index (κ1) is 12.9. The minimum Gasteiger partial charge on any atom is -0.392 e. The number of hydrogen-bond donors (Lipinski definition) is 3. The summed E-state index contributed by atoms with van der Waals surface area (Å²) in [4.78, 5) is 22.1. The molecule has 5 nitrogen and oxygen atoms in total. The summed E-state index contributed by atoms with van der Waals surface area (Å²) in [7, 11) is 0. The largest absolute Gasteiger partial charge is 0.392 e. The van der Waals surface area contributed by atoms with E-state index in [-0.39, 0.29) is 6.54 Å². The number of hydrogen-bond acceptors (Lipinski definition) is 3. The van der Waals surface area contributed by atoms with E-state index in [0.29, 0.717) is 12.5 Å². The number of carbonyl (C=O) groups excluding carboxylic acids is 2. The minimum atomic E-state index is -0.702. The average molecular weight is 202 g/mol. The molecule has 0 rings (SSSR count). The fraction of sp³-hybridized carbons (Fsp3) is 0.778. The van der Waals surface area contributed by atoms with Crippen LogP contribution in [0.15, 0.2) is 0 Å². The van der Waals surface area contributed by atoms with Gasteiger partial charge in [-0.25, -0.2) is 0 Å². The van der Waals surface area contributed by atoms with Gasteiger partial charge in [-0.1, -0.05) is 13.8 Å². The molecule has 14 heavy (non-hydrogen) atoms. The molecule has 2 amide bonds. The Hall–Kier alpha value is -1.10. The first-order chi connectivity index (χ1) is 6.43. The van der Waals surface area contributed by atoms with E-state index in [2.05, 4.69) is 10.6 Å². The molecule has 0 fully saturated rings. The van der Waals surface area contributed by atoms with Gasteiger partial charge in [0, 0.05) is 13.1 Å². The Morgan fingerprint density at radius 3 is 1.86 bits per heavy atom. The van der Waals surface area contributed by atoms with Crippen molar-refractivity contribution in [3.8, 4) is 0 Å². The molecule has 0 aliphatic rings. The smallest absolute Gasteiger partial charge is 0.309 e. The summed E-state index contributed by atoms with van der Waals surface area (Å²) < 4.78 is 0. The molecule has 0 aromatic heterocycles. The molecule has 0 aromatic carbocycles. The van der Waals surface area contributed by atoms with E-state index >= 15 is 0 Å². The van der Waals surface area contributed by atoms with Crippen molar-refractivity contribution in [2.75, 3.05) is 13.1 Å². The van der Waals surface area contributed by atoms with Crippen molar-refractivity contribution in [2.24, 2.45) is 5.92 Å². The number of rotatable bonds is 4. The van der Waals surface area contributed by atoms with Gasteiger partial charge in [0.25, 0.3) is 0 Å². The van der Waals surface area contributed by atoms with Gasteiger partial charge in [-0.05, 0) is 12.8 Å². The van der Waals surface area contributed by atoms with Gasteiger partial charge < -0.3 is 15.7 Å². The Balaban J connectivity index is 3.71. The zero-order valence-electron chi connectivity index (χ0n) is 8.83. The van der Waals surface area contributed by atoms with Crippen LogP contribution in [0.2, 0.25) is 0 Å². The highest BCUT2D eigenvalue weighted by atomic mass is 16.3. The molecule has 0 saturated carbocycles. The maximum Gasteiger partial charge on any atom is 0.309 e. The van der Waals surface area contributed by atoms with Gasteiger partial charge in [0.15, 0.2) is 0 Å². The van der Waals surface area contributed by atoms with Crippen molar-refractivity contribution in [3.63, 3.8) is 0 Å². The third-order valence-corrected chi connectivity index (χ3v) is 1.44. The Bertz CT molecular complexity index is 180. The van der Waals surface area contributed by atoms with Crippen LogP contribution < -0.4 is 10.6 Å². The van der Waals surface area contributed by atoms with E-state index in [1.54, 1.807) is 0 Å². The molecule has 1 atom stereocenters. The molecule has 0 aliphatic heterocycles. The molecular weight excluding hydrogens is 184 g/mol. The van der Waals surface area contributed by atoms with Crippen molar-refractivity contribution >= 4 is 11.8 Å². The Morgan fingerprint density at radius 2 is 1.50 bits per heavy atom. The predicted octanol–water partition coefficient (Wildman–Crippen LogP) is -0.744. The Labute approximate surface area is 83.9 Å². The summed E-state index contributed by atoms with van der Waals surface area (Å²) in [6, 6.07) is 0. The van der Waals surface area contributed by atoms with E-state index < -0.39 is 17.9 Å². The van der Waals surface area contributed by atoms with E-state index in [1.807, 2.05) is 13.8 Å². The number of aliphatic hydroxyl groups is 1. The summed E-state index contributed by atoms with van der Waals surface area (Å²) in [5, 5.41) is 13.6. The second-order valence-corrected chi connectivity index (χ2v) is 3.66. The van der Waals surface area contributed by atoms with Crippen molar-refractivity contribution in [1.82, 2.24) is 10.6 Å². The highest BCUT2D eigenvalue weighted by Gasteiger charge is 2.13. The van der Waals surface area contributed by atoms with Crippen LogP contribution >= 0.6 is 0 Å². The molecule has 0 heterocycles. The molecule has 5 heteroatoms. The van der Waals surface area contributed by atoms with Crippen molar-refractivity contribution in [3.05, 3.63) is 0 Å². The van der Waals surface area contributed by atoms with Crippen molar-refractivity contribution in [2.45, 2.75) is 26.9 Å². The van der Waals surface area contributed by atoms with Crippen LogP contribution in [0.3, 0.4) is 0 Å². The van der Waals surface area contributed by atoms with Gasteiger partial charge in [0.2, 0.25) is 0 Å². The lowest BCUT2D eigenvalue weighted by atomic mass is 10.2. The summed E-state index contributed by atoms with van der Waals surface area (Å²) in [5.74, 6) is -1.05. The number of amides is 2. The van der Waals surface area contributed by atoms with Gasteiger partial charge in [-0.2, -0.15) is 0 Å². The van der Waals surface area contributed by atoms with Crippen molar-refractivity contribution < 1.29 is 14.7 Å².